The molecule has 1 aliphatic heterocycles. The number of hydrogen-bond donors (Lipinski definition) is 0. The van der Waals surface area contributed by atoms with Crippen molar-refractivity contribution in [2.75, 3.05) is 4.90 Å². The van der Waals surface area contributed by atoms with Crippen molar-refractivity contribution < 1.29 is 27.9 Å². The second-order valence-electron chi connectivity index (χ2n) is 8.53. The summed E-state index contributed by atoms with van der Waals surface area (Å²) in [7, 11) is 0. The molecule has 1 atom stereocenters. The van der Waals surface area contributed by atoms with Crippen molar-refractivity contribution in [2.45, 2.75) is 57.8 Å². The van der Waals surface area contributed by atoms with E-state index >= 15 is 4.39 Å². The molecule has 0 saturated heterocycles. The van der Waals surface area contributed by atoms with Gasteiger partial charge in [0.05, 0.1) is 5.69 Å². The number of ether oxygens (including phenoxy) is 1. The Balaban J connectivity index is 1.98. The molecule has 1 fully saturated rings. The van der Waals surface area contributed by atoms with Gasteiger partial charge in [0.2, 0.25) is 11.8 Å². The van der Waals surface area contributed by atoms with E-state index in [4.69, 9.17) is 4.74 Å². The fourth-order valence-corrected chi connectivity index (χ4v) is 5.34. The molecule has 1 saturated carbocycles. The minimum absolute atomic E-state index is 0.190. The first-order chi connectivity index (χ1) is 15.3. The number of rotatable bonds is 3. The number of amides is 2. The van der Waals surface area contributed by atoms with Crippen LogP contribution in [0.1, 0.15) is 63.5 Å². The Morgan fingerprint density at radius 2 is 1.59 bits per heavy atom. The number of fused-ring (bicyclic) bond motifs is 1. The van der Waals surface area contributed by atoms with Gasteiger partial charge in [0.1, 0.15) is 11.2 Å². The molecule has 1 heterocycles. The van der Waals surface area contributed by atoms with Gasteiger partial charge < -0.3 is 4.74 Å². The van der Waals surface area contributed by atoms with E-state index in [0.29, 0.717) is 16.9 Å². The highest BCUT2D eigenvalue weighted by atomic mass is 19.2. The first-order valence-electron chi connectivity index (χ1n) is 10.9. The predicted octanol–water partition coefficient (Wildman–Crippen LogP) is 5.04. The lowest BCUT2D eigenvalue weighted by atomic mass is 9.64. The van der Waals surface area contributed by atoms with Crippen molar-refractivity contribution >= 4 is 23.5 Å². The molecule has 5 nitrogen and oxygen atoms in total. The Morgan fingerprint density at radius 1 is 0.969 bits per heavy atom. The zero-order chi connectivity index (χ0) is 23.0. The zero-order valence-electron chi connectivity index (χ0n) is 18.1. The molecule has 0 bridgehead atoms. The molecule has 0 spiro atoms. The van der Waals surface area contributed by atoms with Crippen molar-refractivity contribution in [1.82, 2.24) is 0 Å². The molecule has 32 heavy (non-hydrogen) atoms. The van der Waals surface area contributed by atoms with E-state index in [0.717, 1.165) is 49.5 Å². The van der Waals surface area contributed by atoms with Crippen molar-refractivity contribution in [1.29, 1.82) is 0 Å². The van der Waals surface area contributed by atoms with Crippen LogP contribution in [-0.2, 0) is 19.8 Å². The second kappa shape index (κ2) is 8.45. The van der Waals surface area contributed by atoms with Crippen molar-refractivity contribution in [3.8, 4) is 5.75 Å². The molecule has 2 aromatic carbocycles. The van der Waals surface area contributed by atoms with Gasteiger partial charge in [-0.15, -0.1) is 0 Å². The average molecular weight is 441 g/mol. The van der Waals surface area contributed by atoms with E-state index in [9.17, 15) is 18.8 Å². The maximum atomic E-state index is 15.0. The molecule has 168 valence electrons. The predicted molar refractivity (Wildman–Crippen MR) is 114 cm³/mol. The van der Waals surface area contributed by atoms with Crippen LogP contribution in [0, 0.1) is 17.6 Å². The van der Waals surface area contributed by atoms with Gasteiger partial charge in [-0.25, -0.2) is 13.7 Å². The van der Waals surface area contributed by atoms with Crippen LogP contribution in [0.5, 0.6) is 5.75 Å². The first-order valence-corrected chi connectivity index (χ1v) is 10.9. The van der Waals surface area contributed by atoms with Gasteiger partial charge in [-0.3, -0.25) is 14.4 Å². The number of hydrogen-bond acceptors (Lipinski definition) is 4. The number of halogens is 2. The number of nitrogens with zero attached hydrogens (tertiary/aromatic N) is 1. The molecule has 0 aromatic heterocycles. The summed E-state index contributed by atoms with van der Waals surface area (Å²) in [6, 6.07) is 8.96. The van der Waals surface area contributed by atoms with Crippen molar-refractivity contribution in [2.24, 2.45) is 5.92 Å². The molecule has 1 aliphatic carbocycles. The van der Waals surface area contributed by atoms with E-state index in [1.165, 1.54) is 19.9 Å². The number of carbonyl (C=O) groups is 3. The SMILES string of the molecule is CC(=O)Oc1ccc(C2(C3CCCCCC3)C(=O)N(C(C)=O)c3c2ccc(F)c3F)cc1. The summed E-state index contributed by atoms with van der Waals surface area (Å²) in [5.41, 5.74) is -0.741. The third kappa shape index (κ3) is 3.40. The number of imide groups is 1. The molecule has 0 N–H and O–H groups in total. The Kier molecular flexibility index (Phi) is 5.84. The van der Waals surface area contributed by atoms with Crippen LogP contribution < -0.4 is 9.64 Å². The van der Waals surface area contributed by atoms with Crippen LogP contribution in [0.3, 0.4) is 0 Å². The summed E-state index contributed by atoms with van der Waals surface area (Å²) >= 11 is 0. The smallest absolute Gasteiger partial charge is 0.308 e. The molecule has 2 aliphatic rings. The van der Waals surface area contributed by atoms with Crippen LogP contribution in [0.4, 0.5) is 14.5 Å². The summed E-state index contributed by atoms with van der Waals surface area (Å²) in [6.07, 6.45) is 5.33. The fraction of sp³-hybridized carbons (Fsp3) is 0.400. The van der Waals surface area contributed by atoms with Crippen LogP contribution in [-0.4, -0.2) is 17.8 Å². The molecule has 1 unspecified atom stereocenters. The highest BCUT2D eigenvalue weighted by Gasteiger charge is 2.58. The molecular weight excluding hydrogens is 416 g/mol. The summed E-state index contributed by atoms with van der Waals surface area (Å²) in [4.78, 5) is 38.6. The summed E-state index contributed by atoms with van der Waals surface area (Å²) in [5.74, 6) is -3.87. The monoisotopic (exact) mass is 441 g/mol. The van der Waals surface area contributed by atoms with Gasteiger partial charge in [-0.05, 0) is 48.1 Å². The third-order valence-corrected chi connectivity index (χ3v) is 6.61. The molecule has 0 radical (unpaired) electrons. The van der Waals surface area contributed by atoms with Gasteiger partial charge >= 0.3 is 5.97 Å². The molecule has 2 amide bonds. The highest BCUT2D eigenvalue weighted by Crippen LogP contribution is 2.55. The average Bonchev–Trinajstić information content (AvgIpc) is 2.89. The van der Waals surface area contributed by atoms with Crippen molar-refractivity contribution in [3.63, 3.8) is 0 Å². The maximum Gasteiger partial charge on any atom is 0.308 e. The van der Waals surface area contributed by atoms with Crippen LogP contribution in [0.2, 0.25) is 0 Å². The number of benzene rings is 2. The van der Waals surface area contributed by atoms with E-state index in [1.807, 2.05) is 0 Å². The maximum absolute atomic E-state index is 15.0. The quantitative estimate of drug-likeness (QED) is 0.380. The van der Waals surface area contributed by atoms with E-state index in [1.54, 1.807) is 24.3 Å². The van der Waals surface area contributed by atoms with Gasteiger partial charge in [-0.2, -0.15) is 0 Å². The first kappa shape index (κ1) is 22.1. The van der Waals surface area contributed by atoms with E-state index in [2.05, 4.69) is 0 Å². The number of esters is 1. The van der Waals surface area contributed by atoms with Gasteiger partial charge in [0.25, 0.3) is 0 Å². The third-order valence-electron chi connectivity index (χ3n) is 6.61. The lowest BCUT2D eigenvalue weighted by molar-refractivity contribution is -0.132. The minimum atomic E-state index is -1.32. The lowest BCUT2D eigenvalue weighted by Crippen LogP contribution is -2.48. The zero-order valence-corrected chi connectivity index (χ0v) is 18.1. The second-order valence-corrected chi connectivity index (χ2v) is 8.53. The normalized spacial score (nSPS) is 21.2. The lowest BCUT2D eigenvalue weighted by Gasteiger charge is -2.37. The Bertz CT molecular complexity index is 1070. The van der Waals surface area contributed by atoms with Crippen LogP contribution in [0.15, 0.2) is 36.4 Å². The summed E-state index contributed by atoms with van der Waals surface area (Å²) < 4.78 is 34.3. The Hall–Kier alpha value is -3.09. The number of carbonyl (C=O) groups excluding carboxylic acids is 3. The van der Waals surface area contributed by atoms with E-state index in [-0.39, 0.29) is 11.6 Å². The number of anilines is 1. The van der Waals surface area contributed by atoms with Gasteiger partial charge in [0.15, 0.2) is 11.6 Å². The van der Waals surface area contributed by atoms with Gasteiger partial charge in [-0.1, -0.05) is 43.9 Å². The Morgan fingerprint density at radius 3 is 2.16 bits per heavy atom. The van der Waals surface area contributed by atoms with E-state index < -0.39 is 34.8 Å². The molecular formula is C25H25F2NO4. The van der Waals surface area contributed by atoms with Gasteiger partial charge in [0, 0.05) is 13.8 Å². The molecule has 4 rings (SSSR count). The minimum Gasteiger partial charge on any atom is -0.427 e. The fourth-order valence-electron chi connectivity index (χ4n) is 5.34. The molecule has 7 heteroatoms. The summed E-state index contributed by atoms with van der Waals surface area (Å²) in [5, 5.41) is 0. The van der Waals surface area contributed by atoms with Crippen LogP contribution in [0.25, 0.3) is 0 Å². The molecule has 2 aromatic rings. The van der Waals surface area contributed by atoms with Crippen molar-refractivity contribution in [3.05, 3.63) is 59.2 Å². The standard InChI is InChI=1S/C25H25F2NO4/c1-15(29)28-23-20(13-14-21(26)22(23)27)25(24(28)31,17-7-5-3-4-6-8-17)18-9-11-19(12-10-18)32-16(2)30/h9-14,17H,3-8H2,1-2H3. The largest absolute Gasteiger partial charge is 0.427 e. The van der Waals surface area contributed by atoms with Crippen LogP contribution >= 0.6 is 0 Å². The summed E-state index contributed by atoms with van der Waals surface area (Å²) in [6.45, 7) is 2.47. The Labute approximate surface area is 185 Å². The topological polar surface area (TPSA) is 63.7 Å². The highest BCUT2D eigenvalue weighted by molar-refractivity contribution is 6.23.